The van der Waals surface area contributed by atoms with Crippen molar-refractivity contribution in [3.8, 4) is 6.01 Å². The van der Waals surface area contributed by atoms with E-state index in [2.05, 4.69) is 4.98 Å². The maximum absolute atomic E-state index is 12.4. The molecular weight excluding hydrogens is 270 g/mol. The highest BCUT2D eigenvalue weighted by molar-refractivity contribution is 5.97. The van der Waals surface area contributed by atoms with Gasteiger partial charge in [-0.2, -0.15) is 0 Å². The summed E-state index contributed by atoms with van der Waals surface area (Å²) < 4.78 is 8.29. The van der Waals surface area contributed by atoms with Crippen molar-refractivity contribution in [2.45, 2.75) is 27.3 Å². The molecule has 0 N–H and O–H groups in total. The monoisotopic (exact) mass is 289 g/mol. The van der Waals surface area contributed by atoms with Crippen LogP contribution in [0.4, 0.5) is 0 Å². The maximum atomic E-state index is 12.4. The molecule has 0 aliphatic carbocycles. The minimum Gasteiger partial charge on any atom is -0.468 e. The minimum atomic E-state index is -0.294. The Balaban J connectivity index is 2.40. The van der Waals surface area contributed by atoms with Crippen molar-refractivity contribution in [1.82, 2.24) is 14.1 Å². The molecule has 0 saturated carbocycles. The lowest BCUT2D eigenvalue weighted by atomic mass is 10.1. The van der Waals surface area contributed by atoms with Crippen LogP contribution in [0.1, 0.15) is 27.4 Å². The third-order valence-electron chi connectivity index (χ3n) is 3.66. The molecule has 0 aliphatic heterocycles. The molecule has 0 unspecified atom stereocenters. The number of ketones is 1. The van der Waals surface area contributed by atoms with Gasteiger partial charge in [0.2, 0.25) is 0 Å². The first-order chi connectivity index (χ1) is 9.85. The summed E-state index contributed by atoms with van der Waals surface area (Å²) in [4.78, 5) is 28.6. The molecule has 2 rings (SSSR count). The van der Waals surface area contributed by atoms with Crippen LogP contribution in [0.2, 0.25) is 0 Å². The van der Waals surface area contributed by atoms with E-state index in [-0.39, 0.29) is 23.9 Å². The lowest BCUT2D eigenvalue weighted by Crippen LogP contribution is -2.26. The maximum Gasteiger partial charge on any atom is 0.299 e. The summed E-state index contributed by atoms with van der Waals surface area (Å²) >= 11 is 0. The third kappa shape index (κ3) is 2.74. The zero-order chi connectivity index (χ0) is 15.7. The number of nitrogens with zero attached hydrogens (tertiary/aromatic N) is 3. The van der Waals surface area contributed by atoms with Gasteiger partial charge in [-0.1, -0.05) is 0 Å². The molecule has 6 nitrogen and oxygen atoms in total. The number of hydrogen-bond acceptors (Lipinski definition) is 4. The Bertz CT molecular complexity index is 756. The van der Waals surface area contributed by atoms with Gasteiger partial charge in [0.1, 0.15) is 0 Å². The van der Waals surface area contributed by atoms with Crippen molar-refractivity contribution >= 4 is 5.78 Å². The molecule has 6 heteroatoms. The Kier molecular flexibility index (Phi) is 3.97. The Morgan fingerprint density at radius 1 is 1.29 bits per heavy atom. The van der Waals surface area contributed by atoms with Gasteiger partial charge in [0, 0.05) is 35.8 Å². The fourth-order valence-corrected chi connectivity index (χ4v) is 2.26. The topological polar surface area (TPSA) is 66.1 Å². The second kappa shape index (κ2) is 5.55. The van der Waals surface area contributed by atoms with Gasteiger partial charge >= 0.3 is 0 Å². The zero-order valence-electron chi connectivity index (χ0n) is 12.9. The van der Waals surface area contributed by atoms with Crippen molar-refractivity contribution in [2.24, 2.45) is 7.05 Å². The van der Waals surface area contributed by atoms with Crippen LogP contribution in [0.5, 0.6) is 6.01 Å². The number of carbonyl (C=O) groups is 1. The average Bonchev–Trinajstić information content (AvgIpc) is 2.69. The van der Waals surface area contributed by atoms with Crippen molar-refractivity contribution in [1.29, 1.82) is 0 Å². The molecule has 0 saturated heterocycles. The SMILES string of the molecule is COc1nc(C)cc(=O)n1CC(=O)c1cc(C)n(C)c1C. The molecule has 0 radical (unpaired) electrons. The largest absolute Gasteiger partial charge is 0.468 e. The van der Waals surface area contributed by atoms with Crippen LogP contribution < -0.4 is 10.3 Å². The van der Waals surface area contributed by atoms with Crippen LogP contribution in [0.25, 0.3) is 0 Å². The van der Waals surface area contributed by atoms with Crippen LogP contribution in [0, 0.1) is 20.8 Å². The number of aryl methyl sites for hydroxylation is 2. The first kappa shape index (κ1) is 15.0. The van der Waals surface area contributed by atoms with Gasteiger partial charge < -0.3 is 9.30 Å². The number of methoxy groups -OCH3 is 1. The van der Waals surface area contributed by atoms with Crippen LogP contribution in [-0.2, 0) is 13.6 Å². The average molecular weight is 289 g/mol. The van der Waals surface area contributed by atoms with Crippen molar-refractivity contribution in [2.75, 3.05) is 7.11 Å². The summed E-state index contributed by atoms with van der Waals surface area (Å²) in [6, 6.07) is 3.37. The normalized spacial score (nSPS) is 10.7. The Labute approximate surface area is 123 Å². The summed E-state index contributed by atoms with van der Waals surface area (Å²) in [7, 11) is 3.34. The van der Waals surface area contributed by atoms with E-state index < -0.39 is 0 Å². The number of ether oxygens (including phenoxy) is 1. The van der Waals surface area contributed by atoms with E-state index >= 15 is 0 Å². The summed E-state index contributed by atoms with van der Waals surface area (Å²) in [6.07, 6.45) is 0. The van der Waals surface area contributed by atoms with Gasteiger partial charge in [0.05, 0.1) is 13.7 Å². The van der Waals surface area contributed by atoms with Crippen LogP contribution >= 0.6 is 0 Å². The molecule has 21 heavy (non-hydrogen) atoms. The second-order valence-corrected chi connectivity index (χ2v) is 5.08. The zero-order valence-corrected chi connectivity index (χ0v) is 12.9. The fraction of sp³-hybridized carbons (Fsp3) is 0.400. The van der Waals surface area contributed by atoms with E-state index in [4.69, 9.17) is 4.74 Å². The smallest absolute Gasteiger partial charge is 0.299 e. The number of rotatable bonds is 4. The highest BCUT2D eigenvalue weighted by Gasteiger charge is 2.17. The van der Waals surface area contributed by atoms with Gasteiger partial charge in [-0.3, -0.25) is 14.2 Å². The number of Topliss-reactive ketones (excluding diaryl/α,β-unsaturated/α-hetero) is 1. The highest BCUT2D eigenvalue weighted by atomic mass is 16.5. The molecule has 0 spiro atoms. The van der Waals surface area contributed by atoms with Gasteiger partial charge in [0.15, 0.2) is 5.78 Å². The van der Waals surface area contributed by atoms with E-state index in [1.54, 1.807) is 6.92 Å². The van der Waals surface area contributed by atoms with E-state index in [0.717, 1.165) is 11.4 Å². The Morgan fingerprint density at radius 3 is 2.48 bits per heavy atom. The molecule has 112 valence electrons. The van der Waals surface area contributed by atoms with Crippen LogP contribution in [-0.4, -0.2) is 27.0 Å². The second-order valence-electron chi connectivity index (χ2n) is 5.08. The summed E-state index contributed by atoms with van der Waals surface area (Å²) in [5.74, 6) is -0.137. The molecular formula is C15H19N3O3. The van der Waals surface area contributed by atoms with E-state index in [0.29, 0.717) is 11.3 Å². The van der Waals surface area contributed by atoms with Crippen LogP contribution in [0.3, 0.4) is 0 Å². The van der Waals surface area contributed by atoms with E-state index in [1.807, 2.05) is 31.5 Å². The summed E-state index contributed by atoms with van der Waals surface area (Å²) in [5, 5.41) is 0. The fourth-order valence-electron chi connectivity index (χ4n) is 2.26. The number of carbonyl (C=O) groups excluding carboxylic acids is 1. The van der Waals surface area contributed by atoms with Crippen LogP contribution in [0.15, 0.2) is 16.9 Å². The van der Waals surface area contributed by atoms with Gasteiger partial charge in [-0.15, -0.1) is 0 Å². The van der Waals surface area contributed by atoms with Crippen molar-refractivity contribution in [3.05, 3.63) is 45.1 Å². The molecule has 0 atom stereocenters. The first-order valence-electron chi connectivity index (χ1n) is 6.63. The molecule has 2 heterocycles. The molecule has 2 aromatic heterocycles. The lowest BCUT2D eigenvalue weighted by Gasteiger charge is -2.10. The quantitative estimate of drug-likeness (QED) is 0.798. The van der Waals surface area contributed by atoms with Crippen molar-refractivity contribution < 1.29 is 9.53 Å². The summed E-state index contributed by atoms with van der Waals surface area (Å²) in [5.41, 5.74) is 2.76. The molecule has 0 amide bonds. The molecule has 0 aromatic carbocycles. The Morgan fingerprint density at radius 2 is 1.95 bits per heavy atom. The number of aromatic nitrogens is 3. The lowest BCUT2D eigenvalue weighted by molar-refractivity contribution is 0.0965. The predicted molar refractivity (Wildman–Crippen MR) is 79.0 cm³/mol. The van der Waals surface area contributed by atoms with E-state index in [1.165, 1.54) is 17.7 Å². The standard InChI is InChI=1S/C15H19N3O3/c1-9-6-14(20)18(15(16-9)21-5)8-13(19)12-7-10(2)17(4)11(12)3/h6-7H,8H2,1-5H3. The molecule has 2 aromatic rings. The van der Waals surface area contributed by atoms with Gasteiger partial charge in [-0.05, 0) is 26.8 Å². The molecule has 0 bridgehead atoms. The Hall–Kier alpha value is -2.37. The number of hydrogen-bond donors (Lipinski definition) is 0. The van der Waals surface area contributed by atoms with E-state index in [9.17, 15) is 9.59 Å². The van der Waals surface area contributed by atoms with Gasteiger partial charge in [-0.25, -0.2) is 4.98 Å². The first-order valence-corrected chi connectivity index (χ1v) is 6.63. The highest BCUT2D eigenvalue weighted by Crippen LogP contribution is 2.15. The molecule has 0 fully saturated rings. The minimum absolute atomic E-state index is 0.0838. The summed E-state index contributed by atoms with van der Waals surface area (Å²) in [6.45, 7) is 5.44. The molecule has 0 aliphatic rings. The van der Waals surface area contributed by atoms with Gasteiger partial charge in [0.25, 0.3) is 11.6 Å². The predicted octanol–water partition coefficient (Wildman–Crippen LogP) is 1.40. The third-order valence-corrected chi connectivity index (χ3v) is 3.66. The van der Waals surface area contributed by atoms with Crippen molar-refractivity contribution in [3.63, 3.8) is 0 Å².